The van der Waals surface area contributed by atoms with Crippen LogP contribution in [-0.2, 0) is 9.59 Å². The third kappa shape index (κ3) is 3.06. The van der Waals surface area contributed by atoms with Crippen molar-refractivity contribution in [2.24, 2.45) is 17.8 Å². The molecular weight excluding hydrogens is 202 g/mol. The van der Waals surface area contributed by atoms with Crippen molar-refractivity contribution in [1.29, 1.82) is 0 Å². The highest BCUT2D eigenvalue weighted by Gasteiger charge is 2.41. The summed E-state index contributed by atoms with van der Waals surface area (Å²) < 4.78 is 0. The second kappa shape index (κ2) is 6.02. The van der Waals surface area contributed by atoms with E-state index in [4.69, 9.17) is 0 Å². The molecule has 1 rings (SSSR count). The number of carbonyl (C=O) groups is 2. The van der Waals surface area contributed by atoms with Crippen LogP contribution < -0.4 is 5.32 Å². The molecule has 0 aromatic rings. The molecule has 1 heterocycles. The van der Waals surface area contributed by atoms with Crippen LogP contribution in [0.1, 0.15) is 52.9 Å². The molecule has 1 fully saturated rings. The maximum Gasteiger partial charge on any atom is 0.230 e. The highest BCUT2D eigenvalue weighted by Crippen LogP contribution is 2.29. The van der Waals surface area contributed by atoms with Crippen molar-refractivity contribution in [1.82, 2.24) is 5.32 Å². The van der Waals surface area contributed by atoms with E-state index < -0.39 is 0 Å². The number of amides is 2. The lowest BCUT2D eigenvalue weighted by molar-refractivity contribution is -0.126. The van der Waals surface area contributed by atoms with Crippen LogP contribution in [0.15, 0.2) is 0 Å². The van der Waals surface area contributed by atoms with Gasteiger partial charge < -0.3 is 0 Å². The largest absolute Gasteiger partial charge is 0.296 e. The van der Waals surface area contributed by atoms with Gasteiger partial charge in [-0.1, -0.05) is 46.5 Å². The Balaban J connectivity index is 2.38. The maximum absolute atomic E-state index is 11.6. The number of carbonyl (C=O) groups excluding carboxylic acids is 2. The Kier molecular flexibility index (Phi) is 4.97. The Morgan fingerprint density at radius 1 is 1.19 bits per heavy atom. The molecule has 1 aliphatic heterocycles. The lowest BCUT2D eigenvalue weighted by atomic mass is 9.82. The van der Waals surface area contributed by atoms with Gasteiger partial charge >= 0.3 is 0 Å². The Morgan fingerprint density at radius 3 is 2.38 bits per heavy atom. The van der Waals surface area contributed by atoms with Crippen molar-refractivity contribution in [3.05, 3.63) is 0 Å². The summed E-state index contributed by atoms with van der Waals surface area (Å²) in [6.45, 7) is 6.13. The molecule has 0 aromatic carbocycles. The van der Waals surface area contributed by atoms with Gasteiger partial charge in [-0.3, -0.25) is 14.9 Å². The minimum Gasteiger partial charge on any atom is -0.296 e. The van der Waals surface area contributed by atoms with Crippen LogP contribution in [0.25, 0.3) is 0 Å². The lowest BCUT2D eigenvalue weighted by Crippen LogP contribution is -2.25. The summed E-state index contributed by atoms with van der Waals surface area (Å²) >= 11 is 0. The average Bonchev–Trinajstić information content (AvgIpc) is 2.48. The molecule has 92 valence electrons. The zero-order valence-corrected chi connectivity index (χ0v) is 10.6. The topological polar surface area (TPSA) is 46.2 Å². The van der Waals surface area contributed by atoms with Crippen LogP contribution in [0.5, 0.6) is 0 Å². The number of hydrogen-bond donors (Lipinski definition) is 1. The summed E-state index contributed by atoms with van der Waals surface area (Å²) in [7, 11) is 0. The molecule has 3 heteroatoms. The second-order valence-electron chi connectivity index (χ2n) is 4.99. The van der Waals surface area contributed by atoms with Gasteiger partial charge in [0.25, 0.3) is 0 Å². The molecule has 1 aliphatic rings. The number of unbranched alkanes of at least 4 members (excludes halogenated alkanes) is 3. The minimum atomic E-state index is -0.145. The molecule has 3 unspecified atom stereocenters. The SMILES string of the molecule is CCCCCCC(C)C1C(=O)NC(=O)C1C. The molecule has 0 bridgehead atoms. The molecule has 3 atom stereocenters. The number of nitrogens with one attached hydrogen (secondary N) is 1. The fraction of sp³-hybridized carbons (Fsp3) is 0.846. The van der Waals surface area contributed by atoms with E-state index in [1.165, 1.54) is 25.7 Å². The van der Waals surface area contributed by atoms with Crippen LogP contribution in [-0.4, -0.2) is 11.8 Å². The fourth-order valence-corrected chi connectivity index (χ4v) is 2.53. The Bertz CT molecular complexity index is 263. The van der Waals surface area contributed by atoms with Crippen LogP contribution >= 0.6 is 0 Å². The normalized spacial score (nSPS) is 26.9. The van der Waals surface area contributed by atoms with E-state index in [-0.39, 0.29) is 23.7 Å². The zero-order valence-electron chi connectivity index (χ0n) is 10.6. The number of hydrogen-bond acceptors (Lipinski definition) is 2. The summed E-state index contributed by atoms with van der Waals surface area (Å²) in [5, 5.41) is 2.42. The summed E-state index contributed by atoms with van der Waals surface area (Å²) in [6, 6.07) is 0. The first kappa shape index (κ1) is 13.2. The van der Waals surface area contributed by atoms with Gasteiger partial charge in [-0.15, -0.1) is 0 Å². The van der Waals surface area contributed by atoms with Gasteiger partial charge in [-0.25, -0.2) is 0 Å². The van der Waals surface area contributed by atoms with Crippen molar-refractivity contribution < 1.29 is 9.59 Å². The van der Waals surface area contributed by atoms with E-state index in [0.29, 0.717) is 5.92 Å². The van der Waals surface area contributed by atoms with E-state index in [0.717, 1.165) is 6.42 Å². The van der Waals surface area contributed by atoms with E-state index in [1.807, 2.05) is 6.92 Å². The first-order valence-electron chi connectivity index (χ1n) is 6.42. The van der Waals surface area contributed by atoms with Gasteiger partial charge in [0.05, 0.1) is 5.92 Å². The third-order valence-corrected chi connectivity index (χ3v) is 3.63. The molecule has 1 N–H and O–H groups in total. The smallest absolute Gasteiger partial charge is 0.230 e. The van der Waals surface area contributed by atoms with Crippen molar-refractivity contribution in [2.75, 3.05) is 0 Å². The van der Waals surface area contributed by atoms with Gasteiger partial charge in [0.2, 0.25) is 11.8 Å². The molecule has 3 nitrogen and oxygen atoms in total. The summed E-state index contributed by atoms with van der Waals surface area (Å²) in [5.41, 5.74) is 0. The summed E-state index contributed by atoms with van der Waals surface area (Å²) in [4.78, 5) is 22.9. The Hall–Kier alpha value is -0.860. The van der Waals surface area contributed by atoms with E-state index in [9.17, 15) is 9.59 Å². The number of imide groups is 1. The quantitative estimate of drug-likeness (QED) is 0.557. The minimum absolute atomic E-state index is 0.0690. The average molecular weight is 225 g/mol. The molecule has 2 amide bonds. The van der Waals surface area contributed by atoms with E-state index in [2.05, 4.69) is 19.2 Å². The number of rotatable bonds is 6. The van der Waals surface area contributed by atoms with Crippen LogP contribution in [0.2, 0.25) is 0 Å². The third-order valence-electron chi connectivity index (χ3n) is 3.63. The van der Waals surface area contributed by atoms with Crippen LogP contribution in [0.3, 0.4) is 0 Å². The van der Waals surface area contributed by atoms with Gasteiger partial charge in [0, 0.05) is 5.92 Å². The van der Waals surface area contributed by atoms with E-state index >= 15 is 0 Å². The Labute approximate surface area is 98.0 Å². The monoisotopic (exact) mass is 225 g/mol. The first-order chi connectivity index (χ1) is 7.57. The molecule has 0 radical (unpaired) electrons. The highest BCUT2D eigenvalue weighted by molar-refractivity contribution is 6.04. The zero-order chi connectivity index (χ0) is 12.1. The molecule has 0 aromatic heterocycles. The van der Waals surface area contributed by atoms with E-state index in [1.54, 1.807) is 0 Å². The van der Waals surface area contributed by atoms with Crippen molar-refractivity contribution in [3.63, 3.8) is 0 Å². The van der Waals surface area contributed by atoms with Gasteiger partial charge in [-0.05, 0) is 12.3 Å². The molecule has 0 saturated carbocycles. The van der Waals surface area contributed by atoms with Gasteiger partial charge in [0.15, 0.2) is 0 Å². The predicted octanol–water partition coefficient (Wildman–Crippen LogP) is 2.50. The molecule has 1 saturated heterocycles. The van der Waals surface area contributed by atoms with Crippen LogP contribution in [0.4, 0.5) is 0 Å². The van der Waals surface area contributed by atoms with Gasteiger partial charge in [-0.2, -0.15) is 0 Å². The summed E-state index contributed by atoms with van der Waals surface area (Å²) in [6.07, 6.45) is 5.94. The highest BCUT2D eigenvalue weighted by atomic mass is 16.2. The maximum atomic E-state index is 11.6. The van der Waals surface area contributed by atoms with Crippen LogP contribution in [0, 0.1) is 17.8 Å². The lowest BCUT2D eigenvalue weighted by Gasteiger charge is -2.19. The van der Waals surface area contributed by atoms with Gasteiger partial charge in [0.1, 0.15) is 0 Å². The van der Waals surface area contributed by atoms with Crippen molar-refractivity contribution >= 4 is 11.8 Å². The fourth-order valence-electron chi connectivity index (χ4n) is 2.53. The summed E-state index contributed by atoms with van der Waals surface area (Å²) in [5.74, 6) is -0.1000. The first-order valence-corrected chi connectivity index (χ1v) is 6.42. The Morgan fingerprint density at radius 2 is 1.88 bits per heavy atom. The van der Waals surface area contributed by atoms with Crippen molar-refractivity contribution in [2.45, 2.75) is 52.9 Å². The molecular formula is C13H23NO2. The molecule has 16 heavy (non-hydrogen) atoms. The standard InChI is InChI=1S/C13H23NO2/c1-4-5-6-7-8-9(2)11-10(3)12(15)14-13(11)16/h9-11H,4-8H2,1-3H3,(H,14,15,16). The molecule has 0 aliphatic carbocycles. The second-order valence-corrected chi connectivity index (χ2v) is 4.99. The predicted molar refractivity (Wildman–Crippen MR) is 63.7 cm³/mol. The molecule has 0 spiro atoms. The van der Waals surface area contributed by atoms with Crippen molar-refractivity contribution in [3.8, 4) is 0 Å².